The Hall–Kier alpha value is -1.52. The molecule has 0 saturated heterocycles. The maximum Gasteiger partial charge on any atom is 0.338 e. The van der Waals surface area contributed by atoms with Crippen LogP contribution in [0, 0.1) is 0 Å². The van der Waals surface area contributed by atoms with Gasteiger partial charge in [-0.2, -0.15) is 12.6 Å². The van der Waals surface area contributed by atoms with E-state index in [1.54, 1.807) is 12.1 Å². The van der Waals surface area contributed by atoms with Gasteiger partial charge in [0.25, 0.3) is 0 Å². The third-order valence-corrected chi connectivity index (χ3v) is 3.11. The first kappa shape index (κ1) is 13.9. The van der Waals surface area contributed by atoms with Crippen molar-refractivity contribution >= 4 is 29.4 Å². The van der Waals surface area contributed by atoms with E-state index in [0.29, 0.717) is 17.7 Å². The van der Waals surface area contributed by atoms with Crippen molar-refractivity contribution in [3.05, 3.63) is 48.0 Å². The predicted molar refractivity (Wildman–Crippen MR) is 78.7 cm³/mol. The lowest BCUT2D eigenvalue weighted by Gasteiger charge is -2.10. The van der Waals surface area contributed by atoms with Crippen molar-refractivity contribution in [1.29, 1.82) is 0 Å². The van der Waals surface area contributed by atoms with Crippen LogP contribution in [0.2, 0.25) is 0 Å². The summed E-state index contributed by atoms with van der Waals surface area (Å²) in [4.78, 5) is 11.8. The van der Waals surface area contributed by atoms with Crippen molar-refractivity contribution in [2.75, 3.05) is 12.4 Å². The molecular formula is C15H16O3S. The second kappa shape index (κ2) is 6.59. The SMILES string of the molecule is O=C(OCC(O)CCS)c1ccc2ccccc2c1. The molecule has 19 heavy (non-hydrogen) atoms. The average Bonchev–Trinajstić information content (AvgIpc) is 2.44. The molecule has 1 atom stereocenters. The number of esters is 1. The van der Waals surface area contributed by atoms with Crippen LogP contribution in [0.5, 0.6) is 0 Å². The zero-order valence-electron chi connectivity index (χ0n) is 10.5. The lowest BCUT2D eigenvalue weighted by molar-refractivity contribution is 0.0253. The number of ether oxygens (including phenoxy) is 1. The molecule has 0 bridgehead atoms. The number of fused-ring (bicyclic) bond motifs is 1. The second-order valence-corrected chi connectivity index (χ2v) is 4.77. The lowest BCUT2D eigenvalue weighted by atomic mass is 10.1. The number of aliphatic hydroxyl groups is 1. The Kier molecular flexibility index (Phi) is 4.82. The van der Waals surface area contributed by atoms with Gasteiger partial charge in [-0.25, -0.2) is 4.79 Å². The predicted octanol–water partition coefficient (Wildman–Crippen LogP) is 2.68. The molecule has 4 heteroatoms. The highest BCUT2D eigenvalue weighted by Gasteiger charge is 2.10. The molecule has 0 amide bonds. The van der Waals surface area contributed by atoms with Gasteiger partial charge < -0.3 is 9.84 Å². The van der Waals surface area contributed by atoms with Crippen LogP contribution < -0.4 is 0 Å². The normalized spacial score (nSPS) is 12.3. The molecule has 0 aliphatic carbocycles. The summed E-state index contributed by atoms with van der Waals surface area (Å²) in [6.45, 7) is 0.00617. The quantitative estimate of drug-likeness (QED) is 0.652. The summed E-state index contributed by atoms with van der Waals surface area (Å²) < 4.78 is 5.07. The molecule has 2 aromatic carbocycles. The van der Waals surface area contributed by atoms with Gasteiger partial charge in [0.1, 0.15) is 6.61 Å². The van der Waals surface area contributed by atoms with Gasteiger partial charge in [0.15, 0.2) is 0 Å². The van der Waals surface area contributed by atoms with Crippen molar-refractivity contribution in [3.8, 4) is 0 Å². The first-order valence-corrected chi connectivity index (χ1v) is 6.79. The summed E-state index contributed by atoms with van der Waals surface area (Å²) >= 11 is 4.01. The standard InChI is InChI=1S/C15H16O3S/c16-14(7-8-19)10-18-15(17)13-6-5-11-3-1-2-4-12(11)9-13/h1-6,9,14,16,19H,7-8,10H2. The summed E-state index contributed by atoms with van der Waals surface area (Å²) in [5.74, 6) is 0.151. The largest absolute Gasteiger partial charge is 0.459 e. The molecule has 1 N–H and O–H groups in total. The minimum absolute atomic E-state index is 0.00617. The van der Waals surface area contributed by atoms with Gasteiger partial charge in [-0.15, -0.1) is 0 Å². The van der Waals surface area contributed by atoms with E-state index in [1.165, 1.54) is 0 Å². The third kappa shape index (κ3) is 3.72. The summed E-state index contributed by atoms with van der Waals surface area (Å²) in [5.41, 5.74) is 0.497. The number of rotatable bonds is 5. The van der Waals surface area contributed by atoms with Crippen LogP contribution in [0.25, 0.3) is 10.8 Å². The Morgan fingerprint density at radius 3 is 2.68 bits per heavy atom. The van der Waals surface area contributed by atoms with Crippen LogP contribution in [0.1, 0.15) is 16.8 Å². The molecular weight excluding hydrogens is 260 g/mol. The molecule has 2 rings (SSSR count). The molecule has 0 saturated carbocycles. The Morgan fingerprint density at radius 2 is 1.95 bits per heavy atom. The van der Waals surface area contributed by atoms with Gasteiger partial charge in [0, 0.05) is 0 Å². The monoisotopic (exact) mass is 276 g/mol. The zero-order chi connectivity index (χ0) is 13.7. The van der Waals surface area contributed by atoms with Gasteiger partial charge in [0.05, 0.1) is 11.7 Å². The molecule has 0 radical (unpaired) electrons. The van der Waals surface area contributed by atoms with Crippen molar-refractivity contribution in [2.45, 2.75) is 12.5 Å². The van der Waals surface area contributed by atoms with Gasteiger partial charge in [0.2, 0.25) is 0 Å². The van der Waals surface area contributed by atoms with E-state index >= 15 is 0 Å². The molecule has 100 valence electrons. The van der Waals surface area contributed by atoms with E-state index in [9.17, 15) is 9.90 Å². The first-order valence-electron chi connectivity index (χ1n) is 6.15. The molecule has 0 heterocycles. The second-order valence-electron chi connectivity index (χ2n) is 4.33. The molecule has 0 aromatic heterocycles. The fourth-order valence-electron chi connectivity index (χ4n) is 1.80. The van der Waals surface area contributed by atoms with E-state index in [2.05, 4.69) is 12.6 Å². The van der Waals surface area contributed by atoms with E-state index in [1.807, 2.05) is 30.3 Å². The summed E-state index contributed by atoms with van der Waals surface area (Å²) in [5, 5.41) is 11.6. The number of hydrogen-bond donors (Lipinski definition) is 2. The molecule has 1 unspecified atom stereocenters. The van der Waals surface area contributed by atoms with Crippen molar-refractivity contribution in [2.24, 2.45) is 0 Å². The Morgan fingerprint density at radius 1 is 1.21 bits per heavy atom. The van der Waals surface area contributed by atoms with Crippen LogP contribution in [0.3, 0.4) is 0 Å². The highest BCUT2D eigenvalue weighted by molar-refractivity contribution is 7.80. The first-order chi connectivity index (χ1) is 9.20. The molecule has 0 fully saturated rings. The Labute approximate surface area is 117 Å². The molecule has 0 aliphatic heterocycles. The molecule has 0 aliphatic rings. The smallest absolute Gasteiger partial charge is 0.338 e. The Bertz CT molecular complexity index is 568. The topological polar surface area (TPSA) is 46.5 Å². The van der Waals surface area contributed by atoms with Crippen LogP contribution in [0.4, 0.5) is 0 Å². The fourth-order valence-corrected chi connectivity index (χ4v) is 2.10. The van der Waals surface area contributed by atoms with Crippen molar-refractivity contribution < 1.29 is 14.6 Å². The van der Waals surface area contributed by atoms with Crippen LogP contribution >= 0.6 is 12.6 Å². The average molecular weight is 276 g/mol. The van der Waals surface area contributed by atoms with E-state index in [-0.39, 0.29) is 6.61 Å². The van der Waals surface area contributed by atoms with Crippen LogP contribution in [0.15, 0.2) is 42.5 Å². The minimum atomic E-state index is -0.651. The molecule has 3 nitrogen and oxygen atoms in total. The van der Waals surface area contributed by atoms with E-state index in [4.69, 9.17) is 4.74 Å². The number of benzene rings is 2. The van der Waals surface area contributed by atoms with Gasteiger partial charge in [-0.1, -0.05) is 30.3 Å². The number of hydrogen-bond acceptors (Lipinski definition) is 4. The fraction of sp³-hybridized carbons (Fsp3) is 0.267. The number of carbonyl (C=O) groups is 1. The Balaban J connectivity index is 2.05. The maximum absolute atomic E-state index is 11.8. The summed E-state index contributed by atoms with van der Waals surface area (Å²) in [6.07, 6.45) is -0.143. The number of thiol groups is 1. The van der Waals surface area contributed by atoms with E-state index in [0.717, 1.165) is 10.8 Å². The highest BCUT2D eigenvalue weighted by Crippen LogP contribution is 2.16. The maximum atomic E-state index is 11.8. The van der Waals surface area contributed by atoms with Crippen LogP contribution in [-0.4, -0.2) is 29.5 Å². The van der Waals surface area contributed by atoms with Gasteiger partial charge in [-0.05, 0) is 35.1 Å². The van der Waals surface area contributed by atoms with Gasteiger partial charge >= 0.3 is 5.97 Å². The minimum Gasteiger partial charge on any atom is -0.459 e. The van der Waals surface area contributed by atoms with Crippen molar-refractivity contribution in [3.63, 3.8) is 0 Å². The highest BCUT2D eigenvalue weighted by atomic mass is 32.1. The van der Waals surface area contributed by atoms with E-state index < -0.39 is 12.1 Å². The summed E-state index contributed by atoms with van der Waals surface area (Å²) in [7, 11) is 0. The molecule has 0 spiro atoms. The lowest BCUT2D eigenvalue weighted by Crippen LogP contribution is -2.19. The number of aliphatic hydroxyl groups excluding tert-OH is 1. The zero-order valence-corrected chi connectivity index (χ0v) is 11.3. The van der Waals surface area contributed by atoms with Gasteiger partial charge in [-0.3, -0.25) is 0 Å². The number of carbonyl (C=O) groups excluding carboxylic acids is 1. The van der Waals surface area contributed by atoms with Crippen molar-refractivity contribution in [1.82, 2.24) is 0 Å². The summed E-state index contributed by atoms with van der Waals surface area (Å²) in [6, 6.07) is 13.2. The third-order valence-electron chi connectivity index (χ3n) is 2.85. The van der Waals surface area contributed by atoms with Crippen LogP contribution in [-0.2, 0) is 4.74 Å². The molecule has 2 aromatic rings.